The van der Waals surface area contributed by atoms with E-state index in [9.17, 15) is 4.79 Å². The summed E-state index contributed by atoms with van der Waals surface area (Å²) in [6.07, 6.45) is 3.35. The Morgan fingerprint density at radius 2 is 2.23 bits per heavy atom. The lowest BCUT2D eigenvalue weighted by Crippen LogP contribution is -2.17. The second-order valence-corrected chi connectivity index (χ2v) is 3.88. The van der Waals surface area contributed by atoms with Gasteiger partial charge in [0, 0.05) is 23.7 Å². The smallest absolute Gasteiger partial charge is 0.125 e. The quantitative estimate of drug-likeness (QED) is 0.659. The van der Waals surface area contributed by atoms with E-state index in [1.807, 2.05) is 26.8 Å². The molecule has 0 unspecified atom stereocenters. The summed E-state index contributed by atoms with van der Waals surface area (Å²) < 4.78 is 0. The number of rotatable bonds is 3. The van der Waals surface area contributed by atoms with Crippen molar-refractivity contribution in [3.05, 3.63) is 23.8 Å². The van der Waals surface area contributed by atoms with Crippen LogP contribution in [0.5, 0.6) is 0 Å². The van der Waals surface area contributed by atoms with Gasteiger partial charge >= 0.3 is 0 Å². The molecule has 1 rings (SSSR count). The van der Waals surface area contributed by atoms with E-state index < -0.39 is 0 Å². The van der Waals surface area contributed by atoms with Crippen molar-refractivity contribution in [2.24, 2.45) is 5.41 Å². The molecule has 0 N–H and O–H groups in total. The van der Waals surface area contributed by atoms with E-state index in [1.165, 1.54) is 0 Å². The van der Waals surface area contributed by atoms with Gasteiger partial charge in [0.25, 0.3) is 0 Å². The fourth-order valence-electron chi connectivity index (χ4n) is 1.11. The van der Waals surface area contributed by atoms with E-state index in [1.54, 1.807) is 6.20 Å². The second kappa shape index (κ2) is 3.64. The average Bonchev–Trinajstić information content (AvgIpc) is 2.03. The third-order valence-corrected chi connectivity index (χ3v) is 1.79. The maximum Gasteiger partial charge on any atom is 0.125 e. The van der Waals surface area contributed by atoms with Crippen molar-refractivity contribution in [3.8, 4) is 0 Å². The van der Waals surface area contributed by atoms with Crippen LogP contribution >= 0.6 is 0 Å². The fraction of sp³-hybridized carbons (Fsp3) is 0.500. The molecule has 0 fully saturated rings. The largest absolute Gasteiger partial charge is 0.303 e. The first-order chi connectivity index (χ1) is 6.03. The van der Waals surface area contributed by atoms with Gasteiger partial charge in [0.1, 0.15) is 12.1 Å². The highest BCUT2D eigenvalue weighted by molar-refractivity contribution is 5.58. The minimum absolute atomic E-state index is 0.333. The van der Waals surface area contributed by atoms with Crippen molar-refractivity contribution in [2.45, 2.75) is 27.2 Å². The van der Waals surface area contributed by atoms with Crippen molar-refractivity contribution in [1.29, 1.82) is 0 Å². The number of hydrogen-bond acceptors (Lipinski definition) is 3. The molecular weight excluding hydrogens is 164 g/mol. The molecule has 1 heterocycles. The van der Waals surface area contributed by atoms with Crippen LogP contribution in [0.4, 0.5) is 0 Å². The predicted octanol–water partition coefficient (Wildman–Crippen LogP) is 1.55. The van der Waals surface area contributed by atoms with Gasteiger partial charge in [-0.25, -0.2) is 9.97 Å². The van der Waals surface area contributed by atoms with Gasteiger partial charge in [0.2, 0.25) is 0 Å². The number of nitrogens with zero attached hydrogens (tertiary/aromatic N) is 2. The number of aldehydes is 1. The van der Waals surface area contributed by atoms with Gasteiger partial charge in [-0.3, -0.25) is 0 Å². The molecule has 0 aliphatic carbocycles. The number of aryl methyl sites for hydroxylation is 1. The van der Waals surface area contributed by atoms with Crippen molar-refractivity contribution >= 4 is 6.29 Å². The topological polar surface area (TPSA) is 42.9 Å². The molecular formula is C10H14N2O. The van der Waals surface area contributed by atoms with Crippen molar-refractivity contribution < 1.29 is 4.79 Å². The number of hydrogen-bond donors (Lipinski definition) is 0. The SMILES string of the molecule is Cc1nccc(CC(C)(C)C=O)n1. The van der Waals surface area contributed by atoms with Crippen LogP contribution in [0, 0.1) is 12.3 Å². The first kappa shape index (κ1) is 9.84. The summed E-state index contributed by atoms with van der Waals surface area (Å²) in [7, 11) is 0. The second-order valence-electron chi connectivity index (χ2n) is 3.88. The van der Waals surface area contributed by atoms with Crippen LogP contribution in [0.2, 0.25) is 0 Å². The third-order valence-electron chi connectivity index (χ3n) is 1.79. The summed E-state index contributed by atoms with van der Waals surface area (Å²) in [5.74, 6) is 0.749. The highest BCUT2D eigenvalue weighted by atomic mass is 16.1. The summed E-state index contributed by atoms with van der Waals surface area (Å²) in [6, 6.07) is 1.85. The molecule has 0 radical (unpaired) electrons. The Bertz CT molecular complexity index is 308. The van der Waals surface area contributed by atoms with E-state index in [0.29, 0.717) is 6.42 Å². The van der Waals surface area contributed by atoms with Crippen LogP contribution in [-0.2, 0) is 11.2 Å². The number of carbonyl (C=O) groups is 1. The molecule has 70 valence electrons. The van der Waals surface area contributed by atoms with E-state index in [0.717, 1.165) is 17.8 Å². The summed E-state index contributed by atoms with van der Waals surface area (Å²) in [5, 5.41) is 0. The number of aromatic nitrogens is 2. The molecule has 0 saturated heterocycles. The van der Waals surface area contributed by atoms with Gasteiger partial charge in [-0.15, -0.1) is 0 Å². The molecule has 0 amide bonds. The lowest BCUT2D eigenvalue weighted by atomic mass is 9.90. The first-order valence-electron chi connectivity index (χ1n) is 4.28. The van der Waals surface area contributed by atoms with Gasteiger partial charge < -0.3 is 4.79 Å². The molecule has 0 bridgehead atoms. The monoisotopic (exact) mass is 178 g/mol. The molecule has 3 nitrogen and oxygen atoms in total. The minimum Gasteiger partial charge on any atom is -0.303 e. The van der Waals surface area contributed by atoms with Gasteiger partial charge in [0.05, 0.1) is 0 Å². The van der Waals surface area contributed by atoms with E-state index in [-0.39, 0.29) is 5.41 Å². The first-order valence-corrected chi connectivity index (χ1v) is 4.28. The maximum atomic E-state index is 10.7. The standard InChI is InChI=1S/C10H14N2O/c1-8-11-5-4-9(12-8)6-10(2,3)7-13/h4-5,7H,6H2,1-3H3. The molecule has 13 heavy (non-hydrogen) atoms. The molecule has 0 aromatic carbocycles. The zero-order valence-electron chi connectivity index (χ0n) is 8.24. The van der Waals surface area contributed by atoms with Crippen LogP contribution in [0.25, 0.3) is 0 Å². The number of carbonyl (C=O) groups excluding carboxylic acids is 1. The summed E-state index contributed by atoms with van der Waals surface area (Å²) in [4.78, 5) is 18.9. The van der Waals surface area contributed by atoms with Crippen LogP contribution in [0.1, 0.15) is 25.4 Å². The normalized spacial score (nSPS) is 11.3. The summed E-state index contributed by atoms with van der Waals surface area (Å²) in [5.41, 5.74) is 0.588. The predicted molar refractivity (Wildman–Crippen MR) is 50.3 cm³/mol. The minimum atomic E-state index is -0.333. The van der Waals surface area contributed by atoms with Crippen LogP contribution < -0.4 is 0 Å². The van der Waals surface area contributed by atoms with Crippen LogP contribution in [-0.4, -0.2) is 16.3 Å². The third kappa shape index (κ3) is 2.93. The molecule has 0 spiro atoms. The molecule has 0 aliphatic heterocycles. The highest BCUT2D eigenvalue weighted by Crippen LogP contribution is 2.17. The zero-order chi connectivity index (χ0) is 9.90. The van der Waals surface area contributed by atoms with Crippen molar-refractivity contribution in [1.82, 2.24) is 9.97 Å². The van der Waals surface area contributed by atoms with Gasteiger partial charge in [-0.05, 0) is 13.0 Å². The lowest BCUT2D eigenvalue weighted by molar-refractivity contribution is -0.114. The molecule has 1 aromatic heterocycles. The molecule has 3 heteroatoms. The summed E-state index contributed by atoms with van der Waals surface area (Å²) >= 11 is 0. The highest BCUT2D eigenvalue weighted by Gasteiger charge is 2.17. The molecule has 1 aromatic rings. The van der Waals surface area contributed by atoms with Crippen LogP contribution in [0.3, 0.4) is 0 Å². The molecule has 0 saturated carbocycles. The van der Waals surface area contributed by atoms with E-state index in [4.69, 9.17) is 0 Å². The van der Waals surface area contributed by atoms with E-state index >= 15 is 0 Å². The van der Waals surface area contributed by atoms with Crippen molar-refractivity contribution in [2.75, 3.05) is 0 Å². The maximum absolute atomic E-state index is 10.7. The van der Waals surface area contributed by atoms with Gasteiger partial charge in [-0.1, -0.05) is 13.8 Å². The zero-order valence-corrected chi connectivity index (χ0v) is 8.24. The Kier molecular flexibility index (Phi) is 2.76. The van der Waals surface area contributed by atoms with Gasteiger partial charge in [0.15, 0.2) is 0 Å². The Morgan fingerprint density at radius 3 is 2.77 bits per heavy atom. The Morgan fingerprint density at radius 1 is 1.54 bits per heavy atom. The van der Waals surface area contributed by atoms with Crippen molar-refractivity contribution in [3.63, 3.8) is 0 Å². The fourth-order valence-corrected chi connectivity index (χ4v) is 1.11. The Labute approximate surface area is 78.2 Å². The Balaban J connectivity index is 2.80. The lowest BCUT2D eigenvalue weighted by Gasteiger charge is -2.15. The summed E-state index contributed by atoms with van der Waals surface area (Å²) in [6.45, 7) is 5.65. The van der Waals surface area contributed by atoms with E-state index in [2.05, 4.69) is 9.97 Å². The average molecular weight is 178 g/mol. The molecule has 0 aliphatic rings. The van der Waals surface area contributed by atoms with Crippen LogP contribution in [0.15, 0.2) is 12.3 Å². The Hall–Kier alpha value is -1.25. The van der Waals surface area contributed by atoms with Gasteiger partial charge in [-0.2, -0.15) is 0 Å². The molecule has 0 atom stereocenters.